The number of benzene rings is 1. The van der Waals surface area contributed by atoms with Gasteiger partial charge in [0.15, 0.2) is 0 Å². The van der Waals surface area contributed by atoms with Crippen LogP contribution in [0.2, 0.25) is 0 Å². The number of anilines is 1. The number of nitrogens with two attached hydrogens (primary N) is 1. The van der Waals surface area contributed by atoms with Gasteiger partial charge in [0.25, 0.3) is 0 Å². The van der Waals surface area contributed by atoms with E-state index in [0.29, 0.717) is 5.92 Å². The van der Waals surface area contributed by atoms with E-state index in [0.717, 1.165) is 40.2 Å². The number of hydrogen-bond donors (Lipinski definition) is 2. The van der Waals surface area contributed by atoms with E-state index in [4.69, 9.17) is 5.73 Å². The second-order valence-electron chi connectivity index (χ2n) is 6.15. The number of amides is 1. The molecule has 1 aromatic heterocycles. The van der Waals surface area contributed by atoms with Crippen molar-refractivity contribution in [3.8, 4) is 0 Å². The number of fused-ring (bicyclic) bond motifs is 1. The van der Waals surface area contributed by atoms with Crippen LogP contribution in [-0.4, -0.2) is 16.9 Å². The number of hydrogen-bond acceptors (Lipinski definition) is 4. The smallest absolute Gasteiger partial charge is 0.227 e. The zero-order valence-corrected chi connectivity index (χ0v) is 14.5. The van der Waals surface area contributed by atoms with E-state index in [1.54, 1.807) is 11.3 Å². The van der Waals surface area contributed by atoms with Gasteiger partial charge in [-0.25, -0.2) is 4.98 Å². The second kappa shape index (κ2) is 6.94. The molecular formula is C16H22ClN3OS. The number of halogens is 1. The fourth-order valence-electron chi connectivity index (χ4n) is 2.77. The number of carbonyl (C=O) groups excluding carboxylic acids is 1. The predicted molar refractivity (Wildman–Crippen MR) is 94.9 cm³/mol. The molecule has 1 aromatic carbocycles. The lowest BCUT2D eigenvalue weighted by Gasteiger charge is -2.10. The van der Waals surface area contributed by atoms with Crippen molar-refractivity contribution in [2.75, 3.05) is 5.32 Å². The van der Waals surface area contributed by atoms with Gasteiger partial charge in [-0.05, 0) is 37.5 Å². The highest BCUT2D eigenvalue weighted by Crippen LogP contribution is 2.30. The number of carbonyl (C=O) groups is 1. The Hall–Kier alpha value is -1.17. The molecule has 6 heteroatoms. The van der Waals surface area contributed by atoms with Gasteiger partial charge in [-0.2, -0.15) is 0 Å². The van der Waals surface area contributed by atoms with Crippen LogP contribution in [0.3, 0.4) is 0 Å². The quantitative estimate of drug-likeness (QED) is 0.890. The van der Waals surface area contributed by atoms with Crippen molar-refractivity contribution in [3.05, 3.63) is 23.2 Å². The van der Waals surface area contributed by atoms with Crippen LogP contribution in [-0.2, 0) is 4.79 Å². The molecular weight excluding hydrogens is 318 g/mol. The minimum atomic E-state index is 0. The average Bonchev–Trinajstić information content (AvgIpc) is 3.04. The minimum absolute atomic E-state index is 0. The van der Waals surface area contributed by atoms with Crippen LogP contribution in [0, 0.1) is 5.92 Å². The number of rotatable bonds is 3. The first-order chi connectivity index (χ1) is 10.0. The Morgan fingerprint density at radius 2 is 2.18 bits per heavy atom. The largest absolute Gasteiger partial charge is 0.328 e. The summed E-state index contributed by atoms with van der Waals surface area (Å²) in [5, 5.41) is 4.15. The molecule has 22 heavy (non-hydrogen) atoms. The predicted octanol–water partition coefficient (Wildman–Crippen LogP) is 3.91. The summed E-state index contributed by atoms with van der Waals surface area (Å²) >= 11 is 1.70. The first-order valence-electron chi connectivity index (χ1n) is 7.50. The van der Waals surface area contributed by atoms with Crippen LogP contribution >= 0.6 is 23.7 Å². The summed E-state index contributed by atoms with van der Waals surface area (Å²) in [7, 11) is 0. The van der Waals surface area contributed by atoms with Crippen molar-refractivity contribution >= 4 is 45.6 Å². The lowest BCUT2D eigenvalue weighted by atomic mass is 10.1. The maximum atomic E-state index is 12.2. The molecule has 0 bridgehead atoms. The van der Waals surface area contributed by atoms with Gasteiger partial charge in [0.1, 0.15) is 0 Å². The number of nitrogens with zero attached hydrogens (tertiary/aromatic N) is 1. The van der Waals surface area contributed by atoms with Crippen LogP contribution < -0.4 is 11.1 Å². The molecule has 2 atom stereocenters. The highest BCUT2D eigenvalue weighted by Gasteiger charge is 2.27. The second-order valence-corrected chi connectivity index (χ2v) is 7.21. The summed E-state index contributed by atoms with van der Waals surface area (Å²) in [5.41, 5.74) is 7.73. The van der Waals surface area contributed by atoms with E-state index < -0.39 is 0 Å². The van der Waals surface area contributed by atoms with Gasteiger partial charge in [-0.15, -0.1) is 23.7 Å². The fourth-order valence-corrected chi connectivity index (χ4v) is 3.78. The van der Waals surface area contributed by atoms with Crippen molar-refractivity contribution in [2.24, 2.45) is 11.7 Å². The first-order valence-corrected chi connectivity index (χ1v) is 8.31. The minimum Gasteiger partial charge on any atom is -0.328 e. The summed E-state index contributed by atoms with van der Waals surface area (Å²) in [6.07, 6.45) is 2.64. The molecule has 2 unspecified atom stereocenters. The zero-order valence-electron chi connectivity index (χ0n) is 12.8. The van der Waals surface area contributed by atoms with E-state index >= 15 is 0 Å². The molecule has 3 rings (SSSR count). The summed E-state index contributed by atoms with van der Waals surface area (Å²) in [4.78, 5) is 16.8. The van der Waals surface area contributed by atoms with Gasteiger partial charge < -0.3 is 11.1 Å². The van der Waals surface area contributed by atoms with Gasteiger partial charge in [0.05, 0.1) is 15.2 Å². The Bertz CT molecular complexity index is 670. The Balaban J connectivity index is 0.00000176. The van der Waals surface area contributed by atoms with E-state index in [-0.39, 0.29) is 30.3 Å². The molecule has 1 amide bonds. The van der Waals surface area contributed by atoms with Gasteiger partial charge in [-0.3, -0.25) is 4.79 Å². The van der Waals surface area contributed by atoms with Gasteiger partial charge in [0, 0.05) is 23.6 Å². The summed E-state index contributed by atoms with van der Waals surface area (Å²) in [6, 6.07) is 6.11. The fraction of sp³-hybridized carbons (Fsp3) is 0.500. The summed E-state index contributed by atoms with van der Waals surface area (Å²) < 4.78 is 1.12. The zero-order chi connectivity index (χ0) is 15.0. The molecule has 1 aliphatic carbocycles. The summed E-state index contributed by atoms with van der Waals surface area (Å²) in [5.74, 6) is 0.583. The lowest BCUT2D eigenvalue weighted by Crippen LogP contribution is -2.23. The number of thiazole rings is 1. The molecule has 1 saturated carbocycles. The third kappa shape index (κ3) is 3.59. The standard InChI is InChI=1S/C16H21N3OS.ClH/c1-9(2)16-19-13-6-5-12(8-14(13)21-16)18-15(20)10-3-4-11(17)7-10;/h5-6,8-11H,3-4,7,17H2,1-2H3,(H,18,20);1H. The highest BCUT2D eigenvalue weighted by atomic mass is 35.5. The van der Waals surface area contributed by atoms with Crippen molar-refractivity contribution in [1.29, 1.82) is 0 Å². The van der Waals surface area contributed by atoms with Crippen molar-refractivity contribution in [3.63, 3.8) is 0 Å². The Morgan fingerprint density at radius 1 is 1.41 bits per heavy atom. The molecule has 0 saturated heterocycles. The van der Waals surface area contributed by atoms with Crippen molar-refractivity contribution in [2.45, 2.75) is 45.1 Å². The average molecular weight is 340 g/mol. The van der Waals surface area contributed by atoms with Crippen LogP contribution in [0.4, 0.5) is 5.69 Å². The van der Waals surface area contributed by atoms with Crippen LogP contribution in [0.1, 0.15) is 44.0 Å². The van der Waals surface area contributed by atoms with Gasteiger partial charge >= 0.3 is 0 Å². The first kappa shape index (κ1) is 17.2. The Kier molecular flexibility index (Phi) is 5.42. The monoisotopic (exact) mass is 339 g/mol. The molecule has 120 valence electrons. The van der Waals surface area contributed by atoms with Gasteiger partial charge in [-0.1, -0.05) is 13.8 Å². The molecule has 4 nitrogen and oxygen atoms in total. The molecule has 3 N–H and O–H groups in total. The van der Waals surface area contributed by atoms with E-state index in [1.165, 1.54) is 0 Å². The maximum absolute atomic E-state index is 12.2. The van der Waals surface area contributed by atoms with E-state index in [2.05, 4.69) is 24.1 Å². The Morgan fingerprint density at radius 3 is 2.82 bits per heavy atom. The topological polar surface area (TPSA) is 68.0 Å². The molecule has 1 aliphatic rings. The van der Waals surface area contributed by atoms with Crippen LogP contribution in [0.15, 0.2) is 18.2 Å². The van der Waals surface area contributed by atoms with E-state index in [1.807, 2.05) is 18.2 Å². The third-order valence-electron chi connectivity index (χ3n) is 4.01. The summed E-state index contributed by atoms with van der Waals surface area (Å²) in [6.45, 7) is 4.29. The van der Waals surface area contributed by atoms with Crippen molar-refractivity contribution in [1.82, 2.24) is 4.98 Å². The molecule has 0 spiro atoms. The van der Waals surface area contributed by atoms with Crippen molar-refractivity contribution < 1.29 is 4.79 Å². The van der Waals surface area contributed by atoms with E-state index in [9.17, 15) is 4.79 Å². The number of nitrogens with one attached hydrogen (secondary N) is 1. The van der Waals surface area contributed by atoms with Gasteiger partial charge in [0.2, 0.25) is 5.91 Å². The SMILES string of the molecule is CC(C)c1nc2ccc(NC(=O)C3CCC(N)C3)cc2s1.Cl. The van der Waals surface area contributed by atoms with Crippen LogP contribution in [0.5, 0.6) is 0 Å². The normalized spacial score (nSPS) is 21.1. The molecule has 1 heterocycles. The third-order valence-corrected chi connectivity index (χ3v) is 5.33. The molecule has 1 fully saturated rings. The Labute approximate surface area is 140 Å². The van der Waals surface area contributed by atoms with Crippen LogP contribution in [0.25, 0.3) is 10.2 Å². The molecule has 2 aromatic rings. The molecule has 0 radical (unpaired) electrons. The maximum Gasteiger partial charge on any atom is 0.227 e. The molecule has 0 aliphatic heterocycles. The highest BCUT2D eigenvalue weighted by molar-refractivity contribution is 7.18. The lowest BCUT2D eigenvalue weighted by molar-refractivity contribution is -0.119. The number of aromatic nitrogens is 1.